The summed E-state index contributed by atoms with van der Waals surface area (Å²) in [4.78, 5) is 0. The Hall–Kier alpha value is -5.18. The van der Waals surface area contributed by atoms with Crippen LogP contribution in [0.5, 0.6) is 23.0 Å². The van der Waals surface area contributed by atoms with E-state index in [0.717, 1.165) is 70.6 Å². The minimum Gasteiger partial charge on any atom is -0.493 e. The van der Waals surface area contributed by atoms with Crippen LogP contribution >= 0.6 is 0 Å². The quantitative estimate of drug-likeness (QED) is 0.0807. The first kappa shape index (κ1) is 42.1. The van der Waals surface area contributed by atoms with Crippen LogP contribution in [0.1, 0.15) is 93.2 Å². The predicted molar refractivity (Wildman–Crippen MR) is 232 cm³/mol. The van der Waals surface area contributed by atoms with Gasteiger partial charge in [-0.1, -0.05) is 87.0 Å². The molecule has 3 aliphatic carbocycles. The average molecular weight is 851 g/mol. The maximum absolute atomic E-state index is 13.1. The van der Waals surface area contributed by atoms with Crippen LogP contribution in [0.4, 0.5) is 26.3 Å². The van der Waals surface area contributed by atoms with E-state index in [1.54, 1.807) is 12.1 Å². The van der Waals surface area contributed by atoms with Gasteiger partial charge in [-0.25, -0.2) is 0 Å². The second kappa shape index (κ2) is 17.2. The molecule has 0 aromatic heterocycles. The third kappa shape index (κ3) is 9.14. The molecule has 62 heavy (non-hydrogen) atoms. The topological polar surface area (TPSA) is 27.7 Å². The highest BCUT2D eigenvalue weighted by Crippen LogP contribution is 2.59. The van der Waals surface area contributed by atoms with E-state index >= 15 is 0 Å². The summed E-state index contributed by atoms with van der Waals surface area (Å²) in [5, 5.41) is 4.65. The summed E-state index contributed by atoms with van der Waals surface area (Å²) < 4.78 is 96.6. The number of hydrogen-bond acceptors (Lipinski definition) is 3. The van der Waals surface area contributed by atoms with Crippen molar-refractivity contribution in [1.82, 2.24) is 0 Å². The van der Waals surface area contributed by atoms with Crippen molar-refractivity contribution < 1.29 is 40.6 Å². The summed E-state index contributed by atoms with van der Waals surface area (Å²) in [6.07, 6.45) is -2.48. The van der Waals surface area contributed by atoms with E-state index in [1.165, 1.54) is 59.7 Å². The molecule has 8 unspecified atom stereocenters. The first-order valence-electron chi connectivity index (χ1n) is 22.1. The van der Waals surface area contributed by atoms with Gasteiger partial charge in [0.25, 0.3) is 0 Å². The molecule has 0 aliphatic heterocycles. The van der Waals surface area contributed by atoms with Gasteiger partial charge in [-0.3, -0.25) is 0 Å². The first-order chi connectivity index (χ1) is 29.7. The minimum absolute atomic E-state index is 0.0272. The third-order valence-electron chi connectivity index (χ3n) is 14.3. The van der Waals surface area contributed by atoms with Crippen molar-refractivity contribution in [1.29, 1.82) is 0 Å². The fraction of sp³-hybridized carbons (Fsp3) is 0.396. The smallest absolute Gasteiger partial charge is 0.403 e. The van der Waals surface area contributed by atoms with Crippen molar-refractivity contribution in [3.05, 3.63) is 144 Å². The zero-order valence-corrected chi connectivity index (χ0v) is 35.0. The van der Waals surface area contributed by atoms with E-state index in [9.17, 15) is 26.3 Å². The maximum atomic E-state index is 13.1. The summed E-state index contributed by atoms with van der Waals surface area (Å²) in [5.41, 5.74) is 3.29. The summed E-state index contributed by atoms with van der Waals surface area (Å²) in [5.74, 6) is 2.37. The molecule has 3 saturated carbocycles. The van der Waals surface area contributed by atoms with Gasteiger partial charge in [0, 0.05) is 0 Å². The molecular weight excluding hydrogens is 799 g/mol. The van der Waals surface area contributed by atoms with E-state index in [-0.39, 0.29) is 29.6 Å². The number of hydrogen-bond donors (Lipinski definition) is 0. The van der Waals surface area contributed by atoms with Crippen LogP contribution in [0.3, 0.4) is 0 Å². The molecule has 8 atom stereocenters. The fourth-order valence-electron chi connectivity index (χ4n) is 11.1. The molecule has 0 heterocycles. The number of fused-ring (bicyclic) bond motifs is 7. The van der Waals surface area contributed by atoms with E-state index < -0.39 is 24.9 Å². The van der Waals surface area contributed by atoms with Crippen molar-refractivity contribution in [3.8, 4) is 23.0 Å². The highest BCUT2D eigenvalue weighted by molar-refractivity contribution is 5.98. The van der Waals surface area contributed by atoms with Crippen molar-refractivity contribution in [3.63, 3.8) is 0 Å². The zero-order valence-electron chi connectivity index (χ0n) is 35.0. The maximum Gasteiger partial charge on any atom is 0.403 e. The molecule has 6 aromatic carbocycles. The van der Waals surface area contributed by atoms with E-state index in [2.05, 4.69) is 86.6 Å². The summed E-state index contributed by atoms with van der Waals surface area (Å²) in [6.45, 7) is 2.80. The number of rotatable bonds is 14. The van der Waals surface area contributed by atoms with Crippen LogP contribution < -0.4 is 14.2 Å². The van der Waals surface area contributed by atoms with Crippen LogP contribution in [0.2, 0.25) is 0 Å². The third-order valence-corrected chi connectivity index (χ3v) is 14.3. The molecule has 324 valence electrons. The molecule has 0 spiro atoms. The lowest BCUT2D eigenvalue weighted by molar-refractivity contribution is -0.289. The van der Waals surface area contributed by atoms with Crippen LogP contribution in [0.25, 0.3) is 21.5 Å². The second-order valence-corrected chi connectivity index (χ2v) is 18.2. The molecule has 0 radical (unpaired) electrons. The molecule has 6 aromatic rings. The van der Waals surface area contributed by atoms with E-state index in [0.29, 0.717) is 5.92 Å². The molecule has 3 aliphatic rings. The molecule has 2 bridgehead atoms. The Morgan fingerprint density at radius 1 is 0.532 bits per heavy atom. The Labute approximate surface area is 359 Å². The number of halogens is 6. The largest absolute Gasteiger partial charge is 0.493 e. The molecule has 0 amide bonds. The van der Waals surface area contributed by atoms with Crippen molar-refractivity contribution >= 4 is 21.5 Å². The average Bonchev–Trinajstić information content (AvgIpc) is 3.98. The van der Waals surface area contributed by atoms with Gasteiger partial charge >= 0.3 is 12.4 Å². The Morgan fingerprint density at radius 2 is 1.06 bits per heavy atom. The molecule has 9 heteroatoms. The lowest BCUT2D eigenvalue weighted by Gasteiger charge is -2.32. The van der Waals surface area contributed by atoms with Gasteiger partial charge in [0.15, 0.2) is 5.92 Å². The van der Waals surface area contributed by atoms with Gasteiger partial charge in [-0.05, 0) is 179 Å². The van der Waals surface area contributed by atoms with Gasteiger partial charge in [0.2, 0.25) is 0 Å². The Kier molecular flexibility index (Phi) is 11.7. The standard InChI is InChI=1S/C53H52F6O3/c1-32(34-10-17-43(18-11-34)60-31-51(52(54,55)56)53(57,58)59)24-40(36-14-21-45(22-15-36)62-50-30-42-29-49(50)48-9-5-8-47(42)48)25-33(2)35-12-19-44(20-13-35)61-46-23-16-39-26-37-6-3-4-7-38(37)27-41(39)28-46/h3-4,6-7,10-23,26-28,32-33,40,42,47-51H,5,8-9,24-25,29-31H2,1-2H3. The van der Waals surface area contributed by atoms with Crippen molar-refractivity contribution in [2.45, 2.75) is 95.0 Å². The van der Waals surface area contributed by atoms with E-state index in [4.69, 9.17) is 14.2 Å². The number of benzene rings is 6. The van der Waals surface area contributed by atoms with Crippen LogP contribution in [0.15, 0.2) is 127 Å². The lowest BCUT2D eigenvalue weighted by atomic mass is 9.79. The van der Waals surface area contributed by atoms with Crippen LogP contribution in [-0.4, -0.2) is 25.1 Å². The van der Waals surface area contributed by atoms with Gasteiger partial charge in [-0.15, -0.1) is 0 Å². The van der Waals surface area contributed by atoms with E-state index in [1.807, 2.05) is 30.3 Å². The van der Waals surface area contributed by atoms with Crippen molar-refractivity contribution in [2.24, 2.45) is 29.6 Å². The molecule has 3 fully saturated rings. The Morgan fingerprint density at radius 3 is 1.69 bits per heavy atom. The zero-order chi connectivity index (χ0) is 43.2. The SMILES string of the molecule is CC(CC(CC(C)c1ccc(Oc2ccc3cc4ccccc4cc3c2)cc1)c1ccc(OC2CC3CC2C2CCCC32)cc1)c1ccc(OCC(C(F)(F)F)C(F)(F)F)cc1. The van der Waals surface area contributed by atoms with Gasteiger partial charge in [-0.2, -0.15) is 26.3 Å². The highest BCUT2D eigenvalue weighted by Gasteiger charge is 2.57. The molecule has 0 saturated heterocycles. The second-order valence-electron chi connectivity index (χ2n) is 18.2. The monoisotopic (exact) mass is 850 g/mol. The molecule has 3 nitrogen and oxygen atoms in total. The number of ether oxygens (including phenoxy) is 3. The summed E-state index contributed by atoms with van der Waals surface area (Å²) in [6, 6.07) is 42.1. The summed E-state index contributed by atoms with van der Waals surface area (Å²) >= 11 is 0. The van der Waals surface area contributed by atoms with Crippen LogP contribution in [-0.2, 0) is 0 Å². The highest BCUT2D eigenvalue weighted by atomic mass is 19.4. The summed E-state index contributed by atoms with van der Waals surface area (Å²) in [7, 11) is 0. The lowest BCUT2D eigenvalue weighted by Crippen LogP contribution is -2.40. The predicted octanol–water partition coefficient (Wildman–Crippen LogP) is 15.6. The molecule has 9 rings (SSSR count). The number of alkyl halides is 6. The molecule has 0 N–H and O–H groups in total. The Bertz CT molecular complexity index is 2450. The first-order valence-corrected chi connectivity index (χ1v) is 22.1. The van der Waals surface area contributed by atoms with Gasteiger partial charge in [0.05, 0.1) is 0 Å². The van der Waals surface area contributed by atoms with Crippen LogP contribution in [0, 0.1) is 29.6 Å². The van der Waals surface area contributed by atoms with Gasteiger partial charge in [0.1, 0.15) is 35.7 Å². The fourth-order valence-corrected chi connectivity index (χ4v) is 11.1. The molecular formula is C53H52F6O3. The normalized spacial score (nSPS) is 22.5. The van der Waals surface area contributed by atoms with Crippen molar-refractivity contribution in [2.75, 3.05) is 6.61 Å². The Balaban J connectivity index is 0.888. The minimum atomic E-state index is -5.46. The van der Waals surface area contributed by atoms with Gasteiger partial charge < -0.3 is 14.2 Å².